The van der Waals surface area contributed by atoms with E-state index in [0.717, 1.165) is 10.9 Å². The highest BCUT2D eigenvalue weighted by Gasteiger charge is 2.29. The minimum Gasteiger partial charge on any atom is -0.350 e. The molecule has 0 saturated carbocycles. The molecular weight excluding hydrogens is 385 g/mol. The Hall–Kier alpha value is -3.35. The first-order valence-corrected chi connectivity index (χ1v) is 9.11. The van der Waals surface area contributed by atoms with E-state index in [1.165, 1.54) is 17.1 Å². The molecule has 0 bridgehead atoms. The summed E-state index contributed by atoms with van der Waals surface area (Å²) >= 11 is 0. The normalized spacial score (nSPS) is 14.1. The molecule has 7 nitrogen and oxygen atoms in total. The summed E-state index contributed by atoms with van der Waals surface area (Å²) in [5.74, 6) is 0.278. The van der Waals surface area contributed by atoms with Crippen molar-refractivity contribution in [2.75, 3.05) is 11.4 Å². The summed E-state index contributed by atoms with van der Waals surface area (Å²) < 4.78 is 38.6. The van der Waals surface area contributed by atoms with Gasteiger partial charge in [0.05, 0.1) is 18.5 Å². The van der Waals surface area contributed by atoms with Crippen LogP contribution in [0.4, 0.5) is 24.7 Å². The maximum absolute atomic E-state index is 12.6. The van der Waals surface area contributed by atoms with Crippen LogP contribution in [-0.2, 0) is 13.0 Å². The van der Waals surface area contributed by atoms with Crippen molar-refractivity contribution in [2.45, 2.75) is 38.4 Å². The van der Waals surface area contributed by atoms with Crippen LogP contribution in [0.1, 0.15) is 35.3 Å². The number of carbonyl (C=O) groups excluding carboxylic acids is 1. The van der Waals surface area contributed by atoms with Gasteiger partial charge in [0.2, 0.25) is 11.6 Å². The fraction of sp³-hybridized carbons (Fsp3) is 0.368. The number of fused-ring (bicyclic) bond motifs is 2. The van der Waals surface area contributed by atoms with Crippen LogP contribution in [-0.4, -0.2) is 38.1 Å². The topological polar surface area (TPSA) is 71.2 Å². The predicted molar refractivity (Wildman–Crippen MR) is 99.9 cm³/mol. The molecule has 0 aromatic carbocycles. The molecule has 0 atom stereocenters. The second-order valence-electron chi connectivity index (χ2n) is 6.89. The third-order valence-electron chi connectivity index (χ3n) is 5.04. The molecule has 1 aliphatic rings. The summed E-state index contributed by atoms with van der Waals surface area (Å²) in [5.41, 5.74) is 2.49. The minimum absolute atomic E-state index is 0.229. The van der Waals surface area contributed by atoms with Gasteiger partial charge < -0.3 is 14.5 Å². The van der Waals surface area contributed by atoms with Crippen LogP contribution in [0.15, 0.2) is 24.8 Å². The number of hydrogen-bond donors (Lipinski definition) is 1. The Bertz CT molecular complexity index is 1110. The number of nitrogens with zero attached hydrogens (tertiary/aromatic N) is 5. The van der Waals surface area contributed by atoms with Crippen molar-refractivity contribution >= 4 is 28.4 Å². The lowest BCUT2D eigenvalue weighted by Gasteiger charge is -2.29. The molecule has 0 radical (unpaired) electrons. The lowest BCUT2D eigenvalue weighted by molar-refractivity contribution is -0.135. The number of carbonyl (C=O) groups is 1. The quantitative estimate of drug-likeness (QED) is 0.663. The number of alkyl halides is 3. The van der Waals surface area contributed by atoms with Crippen LogP contribution >= 0.6 is 0 Å². The molecule has 1 aliphatic heterocycles. The van der Waals surface area contributed by atoms with Gasteiger partial charge in [0, 0.05) is 37.5 Å². The molecule has 3 aromatic heterocycles. The lowest BCUT2D eigenvalue weighted by Crippen LogP contribution is -2.33. The Balaban J connectivity index is 1.61. The Kier molecular flexibility index (Phi) is 4.74. The van der Waals surface area contributed by atoms with E-state index in [0.29, 0.717) is 42.4 Å². The second kappa shape index (κ2) is 7.24. The van der Waals surface area contributed by atoms with Gasteiger partial charge in [0.25, 0.3) is 0 Å². The zero-order chi connectivity index (χ0) is 20.6. The number of rotatable bonds is 4. The summed E-state index contributed by atoms with van der Waals surface area (Å²) in [7, 11) is 0. The molecule has 0 fully saturated rings. The smallest absolute Gasteiger partial charge is 0.350 e. The van der Waals surface area contributed by atoms with Crippen LogP contribution in [0, 0.1) is 6.57 Å². The highest BCUT2D eigenvalue weighted by Crippen LogP contribution is 2.34. The van der Waals surface area contributed by atoms with E-state index in [2.05, 4.69) is 19.8 Å². The monoisotopic (exact) mass is 402 g/mol. The Morgan fingerprint density at radius 1 is 1.34 bits per heavy atom. The summed E-state index contributed by atoms with van der Waals surface area (Å²) in [5, 5.41) is 0.843. The third kappa shape index (κ3) is 3.68. The van der Waals surface area contributed by atoms with Crippen molar-refractivity contribution in [1.82, 2.24) is 19.5 Å². The first kappa shape index (κ1) is 19.0. The summed E-state index contributed by atoms with van der Waals surface area (Å²) in [6.45, 7) is 8.32. The Labute approximate surface area is 164 Å². The van der Waals surface area contributed by atoms with E-state index < -0.39 is 18.5 Å². The number of hydrogen-bond acceptors (Lipinski definition) is 4. The standard InChI is InChI=1S/C19H17F3N6O/c1-23-14-9-28(16(29)3-2-6-19(20,21)22)15-10-27(8-5-12(14)15)18-13-4-7-24-17(13)25-11-26-18/h4,7,9,11H,2-3,5-6,8,10H2,(H,24,25,26). The summed E-state index contributed by atoms with van der Waals surface area (Å²) in [6, 6.07) is 1.87. The maximum Gasteiger partial charge on any atom is 0.389 e. The molecule has 0 aliphatic carbocycles. The van der Waals surface area contributed by atoms with Crippen molar-refractivity contribution in [3.8, 4) is 0 Å². The van der Waals surface area contributed by atoms with Gasteiger partial charge in [-0.3, -0.25) is 4.79 Å². The SMILES string of the molecule is [C-]#[N+]c1cn(C(=O)CCCC(F)(F)F)c2c1CCN(c1ncnc3[nH]ccc13)C2. The fourth-order valence-corrected chi connectivity index (χ4v) is 3.69. The third-order valence-corrected chi connectivity index (χ3v) is 5.04. The number of halogens is 3. The van der Waals surface area contributed by atoms with Crippen molar-refractivity contribution in [1.29, 1.82) is 0 Å². The molecule has 0 saturated heterocycles. The van der Waals surface area contributed by atoms with Crippen molar-refractivity contribution in [2.24, 2.45) is 0 Å². The van der Waals surface area contributed by atoms with Crippen molar-refractivity contribution < 1.29 is 18.0 Å². The van der Waals surface area contributed by atoms with Crippen LogP contribution in [0.2, 0.25) is 0 Å². The van der Waals surface area contributed by atoms with Gasteiger partial charge in [-0.25, -0.2) is 14.8 Å². The molecule has 10 heteroatoms. The molecule has 0 spiro atoms. The van der Waals surface area contributed by atoms with Crippen LogP contribution in [0.5, 0.6) is 0 Å². The average molecular weight is 402 g/mol. The van der Waals surface area contributed by atoms with E-state index in [-0.39, 0.29) is 12.8 Å². The first-order valence-electron chi connectivity index (χ1n) is 9.11. The molecule has 0 unspecified atom stereocenters. The number of H-pyrrole nitrogens is 1. The fourth-order valence-electron chi connectivity index (χ4n) is 3.69. The van der Waals surface area contributed by atoms with Crippen molar-refractivity contribution in [3.63, 3.8) is 0 Å². The lowest BCUT2D eigenvalue weighted by atomic mass is 10.1. The number of aromatic amines is 1. The predicted octanol–water partition coefficient (Wildman–Crippen LogP) is 4.25. The average Bonchev–Trinajstić information content (AvgIpc) is 3.30. The second-order valence-corrected chi connectivity index (χ2v) is 6.89. The molecular formula is C19H17F3N6O. The molecule has 0 amide bonds. The van der Waals surface area contributed by atoms with E-state index in [1.807, 2.05) is 11.0 Å². The zero-order valence-electron chi connectivity index (χ0n) is 15.3. The van der Waals surface area contributed by atoms with Gasteiger partial charge in [0.15, 0.2) is 0 Å². The molecule has 3 aromatic rings. The summed E-state index contributed by atoms with van der Waals surface area (Å²) in [4.78, 5) is 29.6. The number of aromatic nitrogens is 4. The Morgan fingerprint density at radius 3 is 2.93 bits per heavy atom. The van der Waals surface area contributed by atoms with Gasteiger partial charge in [0.1, 0.15) is 17.8 Å². The van der Waals surface area contributed by atoms with Crippen LogP contribution in [0.25, 0.3) is 15.9 Å². The molecule has 29 heavy (non-hydrogen) atoms. The van der Waals surface area contributed by atoms with Gasteiger partial charge in [-0.15, -0.1) is 0 Å². The van der Waals surface area contributed by atoms with E-state index in [1.54, 1.807) is 6.20 Å². The highest BCUT2D eigenvalue weighted by atomic mass is 19.4. The molecule has 150 valence electrons. The number of nitrogens with one attached hydrogen (secondary N) is 1. The first-order chi connectivity index (χ1) is 13.9. The van der Waals surface area contributed by atoms with Gasteiger partial charge in [-0.1, -0.05) is 0 Å². The van der Waals surface area contributed by atoms with Crippen LogP contribution < -0.4 is 4.90 Å². The zero-order valence-corrected chi connectivity index (χ0v) is 15.3. The van der Waals surface area contributed by atoms with Gasteiger partial charge >= 0.3 is 6.18 Å². The maximum atomic E-state index is 12.6. The van der Waals surface area contributed by atoms with E-state index in [4.69, 9.17) is 6.57 Å². The summed E-state index contributed by atoms with van der Waals surface area (Å²) in [6.07, 6.45) is -0.581. The Morgan fingerprint density at radius 2 is 2.17 bits per heavy atom. The van der Waals surface area contributed by atoms with E-state index in [9.17, 15) is 18.0 Å². The highest BCUT2D eigenvalue weighted by molar-refractivity contribution is 5.88. The molecule has 1 N–H and O–H groups in total. The van der Waals surface area contributed by atoms with Crippen molar-refractivity contribution in [3.05, 3.63) is 47.5 Å². The minimum atomic E-state index is -4.29. The van der Waals surface area contributed by atoms with Crippen LogP contribution in [0.3, 0.4) is 0 Å². The molecule has 4 heterocycles. The van der Waals surface area contributed by atoms with Gasteiger partial charge in [-0.2, -0.15) is 13.2 Å². The largest absolute Gasteiger partial charge is 0.389 e. The number of anilines is 1. The van der Waals surface area contributed by atoms with Gasteiger partial charge in [-0.05, 0) is 24.5 Å². The molecule has 4 rings (SSSR count). The van der Waals surface area contributed by atoms with E-state index >= 15 is 0 Å².